The number of aromatic nitrogens is 2. The molecule has 2 N–H and O–H groups in total. The highest BCUT2D eigenvalue weighted by atomic mass is 14.8. The minimum atomic E-state index is 1.17. The first-order valence-corrected chi connectivity index (χ1v) is 2.57. The van der Waals surface area contributed by atoms with Gasteiger partial charge < -0.3 is 9.97 Å². The fraction of sp³-hybridized carbons (Fsp3) is 0. The lowest BCUT2D eigenvalue weighted by molar-refractivity contribution is 1.46. The predicted molar refractivity (Wildman–Crippen MR) is 32.6 cm³/mol. The molecule has 0 amide bonds. The van der Waals surface area contributed by atoms with E-state index >= 15 is 0 Å². The van der Waals surface area contributed by atoms with Crippen LogP contribution in [0.15, 0.2) is 24.5 Å². The summed E-state index contributed by atoms with van der Waals surface area (Å²) >= 11 is 0. The summed E-state index contributed by atoms with van der Waals surface area (Å²) in [6.45, 7) is 0. The van der Waals surface area contributed by atoms with E-state index in [0.717, 1.165) is 0 Å². The van der Waals surface area contributed by atoms with Gasteiger partial charge in [-0.2, -0.15) is 0 Å². The molecule has 0 radical (unpaired) electrons. The quantitative estimate of drug-likeness (QED) is 0.510. The molecule has 0 bridgehead atoms. The van der Waals surface area contributed by atoms with Gasteiger partial charge in [-0.3, -0.25) is 0 Å². The van der Waals surface area contributed by atoms with E-state index in [1.807, 2.05) is 24.5 Å². The van der Waals surface area contributed by atoms with E-state index in [2.05, 4.69) is 9.97 Å². The summed E-state index contributed by atoms with van der Waals surface area (Å²) in [7, 11) is 0. The minimum absolute atomic E-state index is 1.17. The molecule has 0 saturated carbocycles. The Morgan fingerprint density at radius 3 is 1.88 bits per heavy atom. The van der Waals surface area contributed by atoms with Crippen molar-refractivity contribution in [1.82, 2.24) is 9.97 Å². The van der Waals surface area contributed by atoms with Gasteiger partial charge in [0.15, 0.2) is 0 Å². The van der Waals surface area contributed by atoms with E-state index in [1.165, 1.54) is 11.0 Å². The molecule has 2 heterocycles. The molecule has 0 spiro atoms. The van der Waals surface area contributed by atoms with Gasteiger partial charge in [0.1, 0.15) is 0 Å². The van der Waals surface area contributed by atoms with Gasteiger partial charge in [-0.25, -0.2) is 0 Å². The fourth-order valence-electron chi connectivity index (χ4n) is 0.861. The van der Waals surface area contributed by atoms with Gasteiger partial charge in [0.05, 0.1) is 11.0 Å². The Morgan fingerprint density at radius 2 is 1.38 bits per heavy atom. The molecule has 2 aromatic heterocycles. The zero-order chi connectivity index (χ0) is 5.40. The second kappa shape index (κ2) is 1.15. The highest BCUT2D eigenvalue weighted by Gasteiger charge is 1.88. The molecule has 0 atom stereocenters. The Morgan fingerprint density at radius 1 is 0.875 bits per heavy atom. The molecule has 2 rings (SSSR count). The van der Waals surface area contributed by atoms with Crippen molar-refractivity contribution >= 4 is 11.0 Å². The first-order chi connectivity index (χ1) is 3.97. The van der Waals surface area contributed by atoms with Gasteiger partial charge >= 0.3 is 0 Å². The summed E-state index contributed by atoms with van der Waals surface area (Å²) in [5.74, 6) is 0. The van der Waals surface area contributed by atoms with Crippen LogP contribution in [0, 0.1) is 0 Å². The lowest BCUT2D eigenvalue weighted by Crippen LogP contribution is -1.51. The molecular formula is C6H6N2. The standard InChI is InChI=1S/C6H6N2/c1-3-7-6-2-4-8-5(1)6/h1-4,7-8H. The van der Waals surface area contributed by atoms with Crippen LogP contribution in [0.3, 0.4) is 0 Å². The zero-order valence-electron chi connectivity index (χ0n) is 4.31. The predicted octanol–water partition coefficient (Wildman–Crippen LogP) is 1.50. The van der Waals surface area contributed by atoms with Gasteiger partial charge in [-0.05, 0) is 12.1 Å². The third-order valence-corrected chi connectivity index (χ3v) is 1.27. The maximum Gasteiger partial charge on any atom is 0.0634 e. The lowest BCUT2D eigenvalue weighted by Gasteiger charge is -1.68. The molecule has 0 aliphatic carbocycles. The number of rotatable bonds is 0. The number of fused-ring (bicyclic) bond motifs is 1. The molecule has 0 aromatic carbocycles. The van der Waals surface area contributed by atoms with E-state index in [4.69, 9.17) is 0 Å². The number of H-pyrrole nitrogens is 2. The first-order valence-electron chi connectivity index (χ1n) is 2.57. The number of hydrogen-bond acceptors (Lipinski definition) is 0. The Hall–Kier alpha value is -1.18. The van der Waals surface area contributed by atoms with Crippen LogP contribution >= 0.6 is 0 Å². The van der Waals surface area contributed by atoms with Crippen LogP contribution in [0.25, 0.3) is 11.0 Å². The van der Waals surface area contributed by atoms with Gasteiger partial charge in [0.2, 0.25) is 0 Å². The Bertz CT molecular complexity index is 228. The molecule has 2 heteroatoms. The van der Waals surface area contributed by atoms with E-state index in [1.54, 1.807) is 0 Å². The van der Waals surface area contributed by atoms with Crippen LogP contribution < -0.4 is 0 Å². The third-order valence-electron chi connectivity index (χ3n) is 1.27. The molecule has 2 nitrogen and oxygen atoms in total. The van der Waals surface area contributed by atoms with E-state index in [-0.39, 0.29) is 0 Å². The normalized spacial score (nSPS) is 10.5. The maximum atomic E-state index is 3.07. The second-order valence-corrected chi connectivity index (χ2v) is 1.78. The van der Waals surface area contributed by atoms with Crippen molar-refractivity contribution in [3.05, 3.63) is 24.5 Å². The van der Waals surface area contributed by atoms with Crippen molar-refractivity contribution in [3.8, 4) is 0 Å². The average Bonchev–Trinajstić information content (AvgIpc) is 2.15. The van der Waals surface area contributed by atoms with Crippen molar-refractivity contribution in [2.24, 2.45) is 0 Å². The van der Waals surface area contributed by atoms with Crippen LogP contribution in [-0.4, -0.2) is 9.97 Å². The Balaban J connectivity index is 3.06. The lowest BCUT2D eigenvalue weighted by atomic mass is 10.5. The Labute approximate surface area is 46.5 Å². The fourth-order valence-corrected chi connectivity index (χ4v) is 0.861. The van der Waals surface area contributed by atoms with Crippen LogP contribution in [0.4, 0.5) is 0 Å². The van der Waals surface area contributed by atoms with E-state index < -0.39 is 0 Å². The van der Waals surface area contributed by atoms with Gasteiger partial charge in [0.25, 0.3) is 0 Å². The van der Waals surface area contributed by atoms with Crippen LogP contribution in [0.5, 0.6) is 0 Å². The van der Waals surface area contributed by atoms with Crippen LogP contribution in [0.2, 0.25) is 0 Å². The maximum absolute atomic E-state index is 3.07. The number of aromatic amines is 2. The summed E-state index contributed by atoms with van der Waals surface area (Å²) in [6.07, 6.45) is 3.84. The molecule has 40 valence electrons. The van der Waals surface area contributed by atoms with Crippen molar-refractivity contribution in [3.63, 3.8) is 0 Å². The molecule has 8 heavy (non-hydrogen) atoms. The molecule has 0 aliphatic heterocycles. The van der Waals surface area contributed by atoms with Gasteiger partial charge in [0, 0.05) is 12.4 Å². The van der Waals surface area contributed by atoms with Crippen molar-refractivity contribution < 1.29 is 0 Å². The summed E-state index contributed by atoms with van der Waals surface area (Å²) < 4.78 is 0. The number of nitrogens with one attached hydrogen (secondary N) is 2. The van der Waals surface area contributed by atoms with Crippen molar-refractivity contribution in [2.75, 3.05) is 0 Å². The monoisotopic (exact) mass is 106 g/mol. The number of hydrogen-bond donors (Lipinski definition) is 2. The van der Waals surface area contributed by atoms with Gasteiger partial charge in [-0.15, -0.1) is 0 Å². The van der Waals surface area contributed by atoms with E-state index in [9.17, 15) is 0 Å². The first kappa shape index (κ1) is 3.78. The summed E-state index contributed by atoms with van der Waals surface area (Å²) in [6, 6.07) is 4.02. The van der Waals surface area contributed by atoms with Crippen molar-refractivity contribution in [2.45, 2.75) is 0 Å². The van der Waals surface area contributed by atoms with Crippen LogP contribution in [0.1, 0.15) is 0 Å². The topological polar surface area (TPSA) is 31.6 Å². The average molecular weight is 106 g/mol. The zero-order valence-corrected chi connectivity index (χ0v) is 4.31. The summed E-state index contributed by atoms with van der Waals surface area (Å²) in [5.41, 5.74) is 2.34. The Kier molecular flexibility index (Phi) is 0.545. The van der Waals surface area contributed by atoms with Crippen molar-refractivity contribution in [1.29, 1.82) is 0 Å². The molecule has 0 fully saturated rings. The SMILES string of the molecule is c1cc2[nH]ccc2[nH]1. The molecule has 0 unspecified atom stereocenters. The summed E-state index contributed by atoms with van der Waals surface area (Å²) in [4.78, 5) is 6.14. The third kappa shape index (κ3) is 0.320. The largest absolute Gasteiger partial charge is 0.360 e. The molecule has 2 aromatic rings. The minimum Gasteiger partial charge on any atom is -0.360 e. The highest BCUT2D eigenvalue weighted by molar-refractivity contribution is 5.75. The highest BCUT2D eigenvalue weighted by Crippen LogP contribution is 2.06. The molecule has 0 saturated heterocycles. The van der Waals surface area contributed by atoms with Crippen LogP contribution in [-0.2, 0) is 0 Å². The van der Waals surface area contributed by atoms with E-state index in [0.29, 0.717) is 0 Å². The second-order valence-electron chi connectivity index (χ2n) is 1.78. The molecular weight excluding hydrogens is 100 g/mol. The smallest absolute Gasteiger partial charge is 0.0634 e. The summed E-state index contributed by atoms with van der Waals surface area (Å²) in [5, 5.41) is 0. The molecule has 0 aliphatic rings. The van der Waals surface area contributed by atoms with Gasteiger partial charge in [-0.1, -0.05) is 0 Å².